The predicted molar refractivity (Wildman–Crippen MR) is 87.5 cm³/mol. The molecule has 24 heavy (non-hydrogen) atoms. The Morgan fingerprint density at radius 2 is 1.21 bits per heavy atom. The van der Waals surface area contributed by atoms with E-state index in [-0.39, 0.29) is 11.1 Å². The van der Waals surface area contributed by atoms with Crippen molar-refractivity contribution < 1.29 is 9.59 Å². The van der Waals surface area contributed by atoms with Crippen LogP contribution < -0.4 is 0 Å². The van der Waals surface area contributed by atoms with Gasteiger partial charge in [-0.15, -0.1) is 0 Å². The van der Waals surface area contributed by atoms with Gasteiger partial charge in [-0.05, 0) is 36.1 Å². The molecule has 0 fully saturated rings. The first kappa shape index (κ1) is 18.1. The van der Waals surface area contributed by atoms with Crippen LogP contribution in [0.3, 0.4) is 0 Å². The molecule has 0 aliphatic heterocycles. The molecule has 0 saturated heterocycles. The number of carbonyl (C=O) groups excluding carboxylic acids is 2. The van der Waals surface area contributed by atoms with Gasteiger partial charge in [-0.2, -0.15) is 0 Å². The highest BCUT2D eigenvalue weighted by atomic mass is 16.1. The smallest absolute Gasteiger partial charge is 0.205 e. The molecule has 8 nitrogen and oxygen atoms in total. The number of hydrogen-bond acceptors (Lipinski definition) is 4. The van der Waals surface area contributed by atoms with Crippen LogP contribution in [-0.4, -0.2) is 11.6 Å². The standard InChI is InChI=1S/C16H10N6O2/c1-9(2)5-7-11-13(19-21-17)16(24)12(8-6-10(3)4)14(15(11)23)20-22-18/h1,3H2,2,4H3. The Hall–Kier alpha value is -3.96. The highest BCUT2D eigenvalue weighted by Gasteiger charge is 2.32. The van der Waals surface area contributed by atoms with Crippen LogP contribution in [0, 0.1) is 23.7 Å². The van der Waals surface area contributed by atoms with Crippen molar-refractivity contribution in [3.8, 4) is 23.7 Å². The number of nitrogens with zero attached hydrogens (tertiary/aromatic N) is 6. The number of azide groups is 2. The molecule has 0 spiro atoms. The van der Waals surface area contributed by atoms with Crippen LogP contribution in [-0.2, 0) is 9.59 Å². The van der Waals surface area contributed by atoms with Gasteiger partial charge in [-0.25, -0.2) is 0 Å². The third kappa shape index (κ3) is 4.03. The second-order valence-electron chi connectivity index (χ2n) is 4.55. The fraction of sp³-hybridized carbons (Fsp3) is 0.125. The van der Waals surface area contributed by atoms with Crippen LogP contribution in [0.15, 0.2) is 57.1 Å². The van der Waals surface area contributed by atoms with Gasteiger partial charge in [0, 0.05) is 9.82 Å². The molecule has 8 heteroatoms. The van der Waals surface area contributed by atoms with E-state index >= 15 is 0 Å². The lowest BCUT2D eigenvalue weighted by atomic mass is 9.91. The molecular formula is C16H10N6O2. The summed E-state index contributed by atoms with van der Waals surface area (Å²) in [7, 11) is 0. The summed E-state index contributed by atoms with van der Waals surface area (Å²) in [4.78, 5) is 30.0. The quantitative estimate of drug-likeness (QED) is 0.254. The van der Waals surface area contributed by atoms with E-state index in [2.05, 4.69) is 56.9 Å². The van der Waals surface area contributed by atoms with Gasteiger partial charge in [-0.1, -0.05) is 47.1 Å². The number of hydrogen-bond donors (Lipinski definition) is 0. The molecule has 1 rings (SSSR count). The zero-order valence-corrected chi connectivity index (χ0v) is 12.9. The fourth-order valence-corrected chi connectivity index (χ4v) is 1.53. The third-order valence-corrected chi connectivity index (χ3v) is 2.45. The minimum Gasteiger partial charge on any atom is -0.288 e. The zero-order chi connectivity index (χ0) is 18.3. The molecule has 0 saturated carbocycles. The second-order valence-corrected chi connectivity index (χ2v) is 4.55. The molecule has 0 aromatic heterocycles. The molecule has 0 N–H and O–H groups in total. The van der Waals surface area contributed by atoms with Crippen molar-refractivity contribution in [2.75, 3.05) is 0 Å². The van der Waals surface area contributed by atoms with Gasteiger partial charge < -0.3 is 0 Å². The summed E-state index contributed by atoms with van der Waals surface area (Å²) >= 11 is 0. The van der Waals surface area contributed by atoms with Crippen LogP contribution in [0.5, 0.6) is 0 Å². The lowest BCUT2D eigenvalue weighted by Crippen LogP contribution is -2.21. The predicted octanol–water partition coefficient (Wildman–Crippen LogP) is 3.43. The SMILES string of the molecule is C=C(C)C#CC1=C(N=[N+]=[N-])C(=O)C(C#CC(=C)C)=C(N=[N+]=[N-])C1=O. The molecule has 0 bridgehead atoms. The summed E-state index contributed by atoms with van der Waals surface area (Å²) in [5.74, 6) is 8.17. The average molecular weight is 318 g/mol. The fourth-order valence-electron chi connectivity index (χ4n) is 1.53. The molecule has 116 valence electrons. The number of Topliss-reactive ketones (excluding diaryl/α,β-unsaturated/α-hetero) is 2. The van der Waals surface area contributed by atoms with Crippen molar-refractivity contribution in [2.24, 2.45) is 10.2 Å². The van der Waals surface area contributed by atoms with Crippen molar-refractivity contribution in [1.29, 1.82) is 0 Å². The van der Waals surface area contributed by atoms with E-state index in [1.807, 2.05) is 0 Å². The Balaban J connectivity index is 3.78. The summed E-state index contributed by atoms with van der Waals surface area (Å²) in [6.07, 6.45) is 0. The lowest BCUT2D eigenvalue weighted by Gasteiger charge is -2.13. The number of allylic oxidation sites excluding steroid dienone is 4. The second kappa shape index (κ2) is 7.88. The van der Waals surface area contributed by atoms with Crippen molar-refractivity contribution >= 4 is 11.6 Å². The van der Waals surface area contributed by atoms with Gasteiger partial charge in [0.15, 0.2) is 0 Å². The first-order valence-corrected chi connectivity index (χ1v) is 6.36. The van der Waals surface area contributed by atoms with E-state index in [9.17, 15) is 9.59 Å². The van der Waals surface area contributed by atoms with Crippen LogP contribution in [0.25, 0.3) is 20.9 Å². The van der Waals surface area contributed by atoms with Crippen molar-refractivity contribution in [3.63, 3.8) is 0 Å². The van der Waals surface area contributed by atoms with Crippen LogP contribution in [0.1, 0.15) is 13.8 Å². The average Bonchev–Trinajstić information content (AvgIpc) is 2.51. The van der Waals surface area contributed by atoms with E-state index in [1.54, 1.807) is 13.8 Å². The molecule has 0 radical (unpaired) electrons. The monoisotopic (exact) mass is 318 g/mol. The molecule has 0 amide bonds. The van der Waals surface area contributed by atoms with E-state index in [0.29, 0.717) is 11.1 Å². The molecule has 0 aromatic rings. The number of rotatable bonds is 2. The van der Waals surface area contributed by atoms with Crippen molar-refractivity contribution in [1.82, 2.24) is 0 Å². The van der Waals surface area contributed by atoms with Gasteiger partial charge in [0.1, 0.15) is 11.4 Å². The first-order chi connectivity index (χ1) is 11.3. The minimum absolute atomic E-state index is 0.371. The molecule has 1 aliphatic carbocycles. The summed E-state index contributed by atoms with van der Waals surface area (Å²) in [6.45, 7) is 10.3. The zero-order valence-electron chi connectivity index (χ0n) is 12.9. The summed E-state index contributed by atoms with van der Waals surface area (Å²) in [5.41, 5.74) is 16.4. The normalized spacial score (nSPS) is 12.9. The molecule has 1 aliphatic rings. The molecule has 0 atom stereocenters. The lowest BCUT2D eigenvalue weighted by molar-refractivity contribution is -0.116. The van der Waals surface area contributed by atoms with Gasteiger partial charge in [0.2, 0.25) is 11.6 Å². The number of ketones is 2. The molecule has 0 unspecified atom stereocenters. The molecule has 0 aromatic carbocycles. The Kier molecular flexibility index (Phi) is 5.94. The Bertz CT molecular complexity index is 880. The van der Waals surface area contributed by atoms with Crippen LogP contribution in [0.2, 0.25) is 0 Å². The highest BCUT2D eigenvalue weighted by Crippen LogP contribution is 2.26. The maximum atomic E-state index is 12.5. The maximum Gasteiger partial charge on any atom is 0.205 e. The first-order valence-electron chi connectivity index (χ1n) is 6.36. The van der Waals surface area contributed by atoms with E-state index in [4.69, 9.17) is 11.1 Å². The topological polar surface area (TPSA) is 132 Å². The highest BCUT2D eigenvalue weighted by molar-refractivity contribution is 6.28. The van der Waals surface area contributed by atoms with E-state index in [1.165, 1.54) is 0 Å². The number of carbonyl (C=O) groups is 2. The van der Waals surface area contributed by atoms with E-state index in [0.717, 1.165) is 0 Å². The minimum atomic E-state index is -0.852. The summed E-state index contributed by atoms with van der Waals surface area (Å²) in [6, 6.07) is 0. The van der Waals surface area contributed by atoms with Gasteiger partial charge in [0.05, 0.1) is 11.1 Å². The van der Waals surface area contributed by atoms with E-state index < -0.39 is 23.0 Å². The largest absolute Gasteiger partial charge is 0.288 e. The Labute approximate surface area is 137 Å². The van der Waals surface area contributed by atoms with Gasteiger partial charge >= 0.3 is 0 Å². The van der Waals surface area contributed by atoms with Crippen molar-refractivity contribution in [3.05, 3.63) is 67.7 Å². The van der Waals surface area contributed by atoms with Gasteiger partial charge in [0.25, 0.3) is 0 Å². The van der Waals surface area contributed by atoms with Crippen LogP contribution in [0.4, 0.5) is 0 Å². The van der Waals surface area contributed by atoms with Gasteiger partial charge in [-0.3, -0.25) is 9.59 Å². The maximum absolute atomic E-state index is 12.5. The van der Waals surface area contributed by atoms with Crippen LogP contribution >= 0.6 is 0 Å². The Morgan fingerprint density at radius 3 is 1.46 bits per heavy atom. The molecule has 0 heterocycles. The summed E-state index contributed by atoms with van der Waals surface area (Å²) < 4.78 is 0. The molecular weight excluding hydrogens is 308 g/mol. The third-order valence-electron chi connectivity index (χ3n) is 2.45. The van der Waals surface area contributed by atoms with Crippen molar-refractivity contribution in [2.45, 2.75) is 13.8 Å². The Morgan fingerprint density at radius 1 is 0.875 bits per heavy atom. The summed E-state index contributed by atoms with van der Waals surface area (Å²) in [5, 5.41) is 6.49.